The molecule has 12 heavy (non-hydrogen) atoms. The minimum absolute atomic E-state index is 0.168. The molecule has 0 saturated carbocycles. The number of hydrogen-bond acceptors (Lipinski definition) is 2. The molecule has 0 N–H and O–H groups in total. The lowest BCUT2D eigenvalue weighted by Crippen LogP contribution is -2.44. The van der Waals surface area contributed by atoms with E-state index >= 15 is 0 Å². The predicted molar refractivity (Wildman–Crippen MR) is 58.8 cm³/mol. The second-order valence-corrected chi connectivity index (χ2v) is 5.27. The zero-order valence-corrected chi connectivity index (χ0v) is 9.53. The molecule has 0 aromatic rings. The van der Waals surface area contributed by atoms with Crippen LogP contribution in [0.5, 0.6) is 0 Å². The summed E-state index contributed by atoms with van der Waals surface area (Å²) in [4.78, 5) is 0. The topological polar surface area (TPSA) is 9.23 Å². The van der Waals surface area contributed by atoms with Gasteiger partial charge in [0.2, 0.25) is 0 Å². The fourth-order valence-electron chi connectivity index (χ4n) is 0.392. The van der Waals surface area contributed by atoms with Crippen LogP contribution in [0.15, 0.2) is 12.1 Å². The molecule has 0 amide bonds. The van der Waals surface area contributed by atoms with Gasteiger partial charge >= 0.3 is 7.48 Å². The van der Waals surface area contributed by atoms with Gasteiger partial charge in [-0.3, -0.25) is 0 Å². The highest BCUT2D eigenvalue weighted by molar-refractivity contribution is 7.81. The molecule has 0 aliphatic carbocycles. The number of thiol groups is 1. The van der Waals surface area contributed by atoms with E-state index in [2.05, 4.69) is 19.2 Å². The third kappa shape index (κ3) is 3.68. The van der Waals surface area contributed by atoms with Gasteiger partial charge in [-0.15, -0.1) is 6.58 Å². The van der Waals surface area contributed by atoms with E-state index in [9.17, 15) is 0 Å². The maximum absolute atomic E-state index is 5.55. The van der Waals surface area contributed by atoms with Gasteiger partial charge in [-0.25, -0.2) is 0 Å². The van der Waals surface area contributed by atoms with Crippen molar-refractivity contribution in [3.63, 3.8) is 0 Å². The van der Waals surface area contributed by atoms with Crippen molar-refractivity contribution in [3.8, 4) is 0 Å². The average Bonchev–Trinajstić information content (AvgIpc) is 1.81. The zero-order chi connectivity index (χ0) is 9.99. The fraction of sp³-hybridized carbons (Fsp3) is 0.778. The largest absolute Gasteiger partial charge is 0.429 e. The van der Waals surface area contributed by atoms with Gasteiger partial charge in [-0.1, -0.05) is 12.4 Å². The summed E-state index contributed by atoms with van der Waals surface area (Å²) in [5.74, 6) is 0. The molecule has 0 aliphatic rings. The van der Waals surface area contributed by atoms with E-state index in [4.69, 9.17) is 4.65 Å². The summed E-state index contributed by atoms with van der Waals surface area (Å²) in [6, 6.07) is 0. The Morgan fingerprint density at radius 2 is 1.75 bits per heavy atom. The molecule has 69 valence electrons. The second-order valence-electron chi connectivity index (χ2n) is 4.15. The molecule has 0 spiro atoms. The molecule has 0 aliphatic heterocycles. The SMILES string of the molecule is C=C(C)[B]OC(C)(C)C(C)(C)S. The van der Waals surface area contributed by atoms with Crippen molar-refractivity contribution in [2.75, 3.05) is 0 Å². The molecule has 0 saturated heterocycles. The van der Waals surface area contributed by atoms with Gasteiger partial charge in [0.05, 0.1) is 5.60 Å². The van der Waals surface area contributed by atoms with E-state index in [1.54, 1.807) is 7.48 Å². The molecule has 1 nitrogen and oxygen atoms in total. The molecule has 0 aromatic carbocycles. The first-order valence-electron chi connectivity index (χ1n) is 4.06. The Kier molecular flexibility index (Phi) is 3.92. The van der Waals surface area contributed by atoms with Gasteiger partial charge in [0.15, 0.2) is 0 Å². The molecule has 3 heteroatoms. The minimum atomic E-state index is -0.283. The third-order valence-corrected chi connectivity index (χ3v) is 2.57. The van der Waals surface area contributed by atoms with E-state index < -0.39 is 0 Å². The summed E-state index contributed by atoms with van der Waals surface area (Å²) in [7, 11) is 1.68. The van der Waals surface area contributed by atoms with Gasteiger partial charge in [-0.05, 0) is 27.7 Å². The lowest BCUT2D eigenvalue weighted by Gasteiger charge is -2.38. The van der Waals surface area contributed by atoms with Gasteiger partial charge in [0.25, 0.3) is 0 Å². The van der Waals surface area contributed by atoms with Crippen molar-refractivity contribution in [2.45, 2.75) is 45.0 Å². The van der Waals surface area contributed by atoms with E-state index in [1.807, 2.05) is 34.6 Å². The van der Waals surface area contributed by atoms with Crippen molar-refractivity contribution < 1.29 is 4.65 Å². The molecule has 1 radical (unpaired) electrons. The van der Waals surface area contributed by atoms with Gasteiger partial charge in [-0.2, -0.15) is 12.6 Å². The van der Waals surface area contributed by atoms with Crippen LogP contribution in [0.4, 0.5) is 0 Å². The number of allylic oxidation sites excluding steroid dienone is 1. The minimum Gasteiger partial charge on any atom is -0.429 e. The van der Waals surface area contributed by atoms with Crippen LogP contribution in [0.25, 0.3) is 0 Å². The highest BCUT2D eigenvalue weighted by Gasteiger charge is 2.34. The lowest BCUT2D eigenvalue weighted by molar-refractivity contribution is 0.0844. The van der Waals surface area contributed by atoms with Crippen molar-refractivity contribution in [1.29, 1.82) is 0 Å². The Morgan fingerprint density at radius 3 is 2.00 bits per heavy atom. The van der Waals surface area contributed by atoms with E-state index in [1.165, 1.54) is 0 Å². The number of hydrogen-bond donors (Lipinski definition) is 1. The maximum Gasteiger partial charge on any atom is 0.325 e. The normalized spacial score (nSPS) is 12.8. The van der Waals surface area contributed by atoms with Crippen molar-refractivity contribution in [3.05, 3.63) is 12.1 Å². The molecule has 0 atom stereocenters. The van der Waals surface area contributed by atoms with E-state index in [0.717, 1.165) is 5.47 Å². The molecule has 0 aromatic heterocycles. The molecule has 0 heterocycles. The van der Waals surface area contributed by atoms with E-state index in [0.29, 0.717) is 0 Å². The second kappa shape index (κ2) is 3.88. The zero-order valence-electron chi connectivity index (χ0n) is 8.64. The van der Waals surface area contributed by atoms with Gasteiger partial charge < -0.3 is 4.65 Å². The van der Waals surface area contributed by atoms with Gasteiger partial charge in [0.1, 0.15) is 0 Å². The Bertz CT molecular complexity index is 170. The van der Waals surface area contributed by atoms with E-state index in [-0.39, 0.29) is 10.3 Å². The fourth-order valence-corrected chi connectivity index (χ4v) is 0.445. The van der Waals surface area contributed by atoms with Crippen LogP contribution in [0.1, 0.15) is 34.6 Å². The predicted octanol–water partition coefficient (Wildman–Crippen LogP) is 2.64. The first-order valence-corrected chi connectivity index (χ1v) is 4.50. The highest BCUT2D eigenvalue weighted by Crippen LogP contribution is 2.30. The summed E-state index contributed by atoms with van der Waals surface area (Å²) in [6.45, 7) is 13.7. The Morgan fingerprint density at radius 1 is 1.33 bits per heavy atom. The van der Waals surface area contributed by atoms with Crippen LogP contribution in [0, 0.1) is 0 Å². The monoisotopic (exact) mass is 185 g/mol. The van der Waals surface area contributed by atoms with Crippen LogP contribution in [-0.4, -0.2) is 17.8 Å². The summed E-state index contributed by atoms with van der Waals surface area (Å²) in [6.07, 6.45) is 0. The molecule has 0 bridgehead atoms. The Labute approximate surface area is 82.3 Å². The van der Waals surface area contributed by atoms with Crippen LogP contribution in [-0.2, 0) is 4.65 Å². The smallest absolute Gasteiger partial charge is 0.325 e. The quantitative estimate of drug-likeness (QED) is 0.523. The Balaban J connectivity index is 4.14. The first-order chi connectivity index (χ1) is 5.17. The molecular formula is C9H18BOS. The van der Waals surface area contributed by atoms with Crippen LogP contribution < -0.4 is 0 Å². The number of rotatable bonds is 4. The molecule has 0 fully saturated rings. The van der Waals surface area contributed by atoms with Crippen molar-refractivity contribution in [1.82, 2.24) is 0 Å². The standard InChI is InChI=1S/C9H18BOS/c1-7(2)10-11-8(3,4)9(5,6)12/h12H,1H2,2-6H3. The van der Waals surface area contributed by atoms with Gasteiger partial charge in [0, 0.05) is 4.75 Å². The third-order valence-electron chi connectivity index (χ3n) is 2.03. The molecular weight excluding hydrogens is 167 g/mol. The summed E-state index contributed by atoms with van der Waals surface area (Å²) >= 11 is 4.46. The van der Waals surface area contributed by atoms with Crippen molar-refractivity contribution in [2.24, 2.45) is 0 Å². The summed E-state index contributed by atoms with van der Waals surface area (Å²) < 4.78 is 5.39. The average molecular weight is 185 g/mol. The highest BCUT2D eigenvalue weighted by atomic mass is 32.1. The summed E-state index contributed by atoms with van der Waals surface area (Å²) in [5, 5.41) is 0. The maximum atomic E-state index is 5.55. The van der Waals surface area contributed by atoms with Crippen molar-refractivity contribution >= 4 is 20.1 Å². The van der Waals surface area contributed by atoms with Crippen LogP contribution in [0.2, 0.25) is 0 Å². The van der Waals surface area contributed by atoms with Crippen LogP contribution in [0.3, 0.4) is 0 Å². The molecule has 0 rings (SSSR count). The summed E-state index contributed by atoms with van der Waals surface area (Å²) in [5.41, 5.74) is 0.635. The first kappa shape index (κ1) is 12.1. The van der Waals surface area contributed by atoms with Crippen LogP contribution >= 0.6 is 12.6 Å². The Hall–Kier alpha value is 0.115. The lowest BCUT2D eigenvalue weighted by atomic mass is 9.85. The molecule has 0 unspecified atom stereocenters.